The number of aromatic hydroxyl groups is 2. The largest absolute Gasteiger partial charge is 0.508 e. The maximum absolute atomic E-state index is 9.74. The molecule has 0 unspecified atom stereocenters. The normalized spacial score (nSPS) is 10.5. The third-order valence-electron chi connectivity index (χ3n) is 2.96. The fraction of sp³-hybridized carbons (Fsp3) is 0.200. The van der Waals surface area contributed by atoms with Crippen LogP contribution in [0.5, 0.6) is 11.5 Å². The Labute approximate surface area is 121 Å². The van der Waals surface area contributed by atoms with Crippen molar-refractivity contribution in [1.29, 1.82) is 0 Å². The monoisotopic (exact) mass is 321 g/mol. The number of hydrogen-bond acceptors (Lipinski definition) is 3. The Kier molecular flexibility index (Phi) is 4.00. The molecule has 0 spiro atoms. The maximum Gasteiger partial charge on any atom is 0.124 e. The van der Waals surface area contributed by atoms with Crippen LogP contribution in [0.3, 0.4) is 0 Å². The Balaban J connectivity index is 2.19. The lowest BCUT2D eigenvalue weighted by atomic mass is 10.1. The molecule has 2 aromatic carbocycles. The summed E-state index contributed by atoms with van der Waals surface area (Å²) in [5, 5.41) is 22.3. The first-order chi connectivity index (χ1) is 8.97. The molecule has 100 valence electrons. The molecule has 0 radical (unpaired) electrons. The van der Waals surface area contributed by atoms with Crippen molar-refractivity contribution < 1.29 is 10.2 Å². The molecule has 0 aliphatic carbocycles. The van der Waals surface area contributed by atoms with Crippen LogP contribution in [-0.2, 0) is 6.54 Å². The molecule has 3 nitrogen and oxygen atoms in total. The molecular formula is C15H16BrNO2. The molecule has 0 heterocycles. The smallest absolute Gasteiger partial charge is 0.124 e. The predicted octanol–water partition coefficient (Wildman–Crippen LogP) is 4.09. The van der Waals surface area contributed by atoms with Crippen LogP contribution in [0.1, 0.15) is 16.7 Å². The predicted molar refractivity (Wildman–Crippen MR) is 80.7 cm³/mol. The first-order valence-electron chi connectivity index (χ1n) is 5.99. The lowest BCUT2D eigenvalue weighted by Gasteiger charge is -2.13. The highest BCUT2D eigenvalue weighted by molar-refractivity contribution is 9.10. The molecule has 2 rings (SSSR count). The lowest BCUT2D eigenvalue weighted by molar-refractivity contribution is 0.446. The first kappa shape index (κ1) is 13.7. The van der Waals surface area contributed by atoms with E-state index in [9.17, 15) is 10.2 Å². The Morgan fingerprint density at radius 2 is 1.84 bits per heavy atom. The SMILES string of the molecule is Cc1cc(C)c(NCc2ccc(O)cc2O)c(Br)c1. The van der Waals surface area contributed by atoms with Crippen LogP contribution in [0.4, 0.5) is 5.69 Å². The average Bonchev–Trinajstić information content (AvgIpc) is 2.30. The summed E-state index contributed by atoms with van der Waals surface area (Å²) in [5.41, 5.74) is 4.09. The summed E-state index contributed by atoms with van der Waals surface area (Å²) in [6.07, 6.45) is 0. The molecule has 2 aromatic rings. The van der Waals surface area contributed by atoms with Crippen LogP contribution in [0, 0.1) is 13.8 Å². The van der Waals surface area contributed by atoms with Crippen molar-refractivity contribution in [2.24, 2.45) is 0 Å². The molecule has 19 heavy (non-hydrogen) atoms. The van der Waals surface area contributed by atoms with Gasteiger partial charge in [0.2, 0.25) is 0 Å². The molecule has 0 atom stereocenters. The summed E-state index contributed by atoms with van der Waals surface area (Å²) in [6, 6.07) is 8.76. The number of aryl methyl sites for hydroxylation is 2. The molecule has 0 aliphatic heterocycles. The summed E-state index contributed by atoms with van der Waals surface area (Å²) in [7, 11) is 0. The van der Waals surface area contributed by atoms with Gasteiger partial charge in [-0.15, -0.1) is 0 Å². The molecule has 0 fully saturated rings. The summed E-state index contributed by atoms with van der Waals surface area (Å²) >= 11 is 3.54. The zero-order valence-electron chi connectivity index (χ0n) is 10.9. The van der Waals surface area contributed by atoms with Gasteiger partial charge in [-0.1, -0.05) is 6.07 Å². The molecule has 0 saturated carbocycles. The summed E-state index contributed by atoms with van der Waals surface area (Å²) in [4.78, 5) is 0. The fourth-order valence-corrected chi connectivity index (χ4v) is 2.84. The first-order valence-corrected chi connectivity index (χ1v) is 6.78. The summed E-state index contributed by atoms with van der Waals surface area (Å²) < 4.78 is 1.00. The van der Waals surface area contributed by atoms with Crippen molar-refractivity contribution in [3.8, 4) is 11.5 Å². The Hall–Kier alpha value is -1.68. The highest BCUT2D eigenvalue weighted by Crippen LogP contribution is 2.29. The van der Waals surface area contributed by atoms with Crippen LogP contribution >= 0.6 is 15.9 Å². The van der Waals surface area contributed by atoms with E-state index >= 15 is 0 Å². The van der Waals surface area contributed by atoms with Crippen molar-refractivity contribution in [1.82, 2.24) is 0 Å². The van der Waals surface area contributed by atoms with Gasteiger partial charge >= 0.3 is 0 Å². The number of rotatable bonds is 3. The van der Waals surface area contributed by atoms with Gasteiger partial charge < -0.3 is 15.5 Å². The molecule has 0 saturated heterocycles. The van der Waals surface area contributed by atoms with Crippen LogP contribution < -0.4 is 5.32 Å². The van der Waals surface area contributed by atoms with Crippen molar-refractivity contribution in [2.45, 2.75) is 20.4 Å². The Morgan fingerprint density at radius 3 is 2.47 bits per heavy atom. The van der Waals surface area contributed by atoms with E-state index in [1.54, 1.807) is 12.1 Å². The van der Waals surface area contributed by atoms with E-state index in [0.717, 1.165) is 21.3 Å². The van der Waals surface area contributed by atoms with E-state index in [4.69, 9.17) is 0 Å². The second-order valence-corrected chi connectivity index (χ2v) is 5.46. The maximum atomic E-state index is 9.74. The van der Waals surface area contributed by atoms with Gasteiger partial charge in [-0.05, 0) is 59.1 Å². The molecule has 4 heteroatoms. The zero-order valence-corrected chi connectivity index (χ0v) is 12.5. The van der Waals surface area contributed by atoms with Gasteiger partial charge in [0.15, 0.2) is 0 Å². The van der Waals surface area contributed by atoms with Gasteiger partial charge in [-0.3, -0.25) is 0 Å². The number of anilines is 1. The van der Waals surface area contributed by atoms with Crippen molar-refractivity contribution >= 4 is 21.6 Å². The topological polar surface area (TPSA) is 52.5 Å². The van der Waals surface area contributed by atoms with Gasteiger partial charge in [0.25, 0.3) is 0 Å². The van der Waals surface area contributed by atoms with E-state index in [1.165, 1.54) is 11.6 Å². The number of phenolic OH excluding ortho intramolecular Hbond substituents is 2. The van der Waals surface area contributed by atoms with E-state index in [0.29, 0.717) is 6.54 Å². The van der Waals surface area contributed by atoms with E-state index in [2.05, 4.69) is 27.3 Å². The number of halogens is 1. The summed E-state index contributed by atoms with van der Waals surface area (Å²) in [5.74, 6) is 0.155. The van der Waals surface area contributed by atoms with Gasteiger partial charge in [-0.25, -0.2) is 0 Å². The van der Waals surface area contributed by atoms with E-state index in [-0.39, 0.29) is 11.5 Å². The zero-order chi connectivity index (χ0) is 14.0. The van der Waals surface area contributed by atoms with Crippen LogP contribution in [0.15, 0.2) is 34.8 Å². The third kappa shape index (κ3) is 3.20. The lowest BCUT2D eigenvalue weighted by Crippen LogP contribution is -2.02. The number of phenols is 2. The minimum atomic E-state index is 0.0638. The number of hydrogen-bond donors (Lipinski definition) is 3. The van der Waals surface area contributed by atoms with Gasteiger partial charge in [0.1, 0.15) is 11.5 Å². The Morgan fingerprint density at radius 1 is 1.11 bits per heavy atom. The van der Waals surface area contributed by atoms with Crippen molar-refractivity contribution in [3.63, 3.8) is 0 Å². The number of nitrogens with one attached hydrogen (secondary N) is 1. The second-order valence-electron chi connectivity index (χ2n) is 4.61. The summed E-state index contributed by atoms with van der Waals surface area (Å²) in [6.45, 7) is 4.58. The quantitative estimate of drug-likeness (QED) is 0.798. The highest BCUT2D eigenvalue weighted by Gasteiger charge is 2.07. The molecule has 0 bridgehead atoms. The minimum absolute atomic E-state index is 0.0638. The second kappa shape index (κ2) is 5.53. The average molecular weight is 322 g/mol. The standard InChI is InChI=1S/C15H16BrNO2/c1-9-5-10(2)15(13(16)6-9)17-8-11-3-4-12(18)7-14(11)19/h3-7,17-19H,8H2,1-2H3. The van der Waals surface area contributed by atoms with E-state index < -0.39 is 0 Å². The van der Waals surface area contributed by atoms with Crippen LogP contribution in [0.2, 0.25) is 0 Å². The van der Waals surface area contributed by atoms with Gasteiger partial charge in [0, 0.05) is 22.6 Å². The Bertz CT molecular complexity index is 588. The molecule has 0 aliphatic rings. The van der Waals surface area contributed by atoms with Crippen molar-refractivity contribution in [3.05, 3.63) is 51.5 Å². The number of benzene rings is 2. The molecule has 0 amide bonds. The van der Waals surface area contributed by atoms with Gasteiger partial charge in [0.05, 0.1) is 5.69 Å². The van der Waals surface area contributed by atoms with Crippen LogP contribution in [-0.4, -0.2) is 10.2 Å². The molecule has 0 aromatic heterocycles. The fourth-order valence-electron chi connectivity index (χ4n) is 2.02. The molecular weight excluding hydrogens is 306 g/mol. The minimum Gasteiger partial charge on any atom is -0.508 e. The van der Waals surface area contributed by atoms with Gasteiger partial charge in [-0.2, -0.15) is 0 Å². The van der Waals surface area contributed by atoms with Crippen LogP contribution in [0.25, 0.3) is 0 Å². The van der Waals surface area contributed by atoms with E-state index in [1.807, 2.05) is 19.9 Å². The molecule has 3 N–H and O–H groups in total. The third-order valence-corrected chi connectivity index (χ3v) is 3.58. The highest BCUT2D eigenvalue weighted by atomic mass is 79.9. The van der Waals surface area contributed by atoms with Crippen molar-refractivity contribution in [2.75, 3.05) is 5.32 Å².